The quantitative estimate of drug-likeness (QED) is 0.358. The summed E-state index contributed by atoms with van der Waals surface area (Å²) in [5, 5.41) is 30.4. The molecule has 12 heteroatoms. The second kappa shape index (κ2) is 15.9. The molecule has 0 saturated carbocycles. The molecule has 0 radical (unpaired) electrons. The summed E-state index contributed by atoms with van der Waals surface area (Å²) in [6.45, 7) is 4.86. The van der Waals surface area contributed by atoms with E-state index >= 15 is 0 Å². The minimum atomic E-state index is -0.967. The second-order valence-corrected chi connectivity index (χ2v) is 6.98. The van der Waals surface area contributed by atoms with Gasteiger partial charge in [0.1, 0.15) is 0 Å². The van der Waals surface area contributed by atoms with Gasteiger partial charge in [0.2, 0.25) is 0 Å². The minimum absolute atomic E-state index is 0.0773. The number of nitrogens with zero attached hydrogens (tertiary/aromatic N) is 3. The van der Waals surface area contributed by atoms with Gasteiger partial charge >= 0.3 is 17.9 Å². The molecule has 0 atom stereocenters. The summed E-state index contributed by atoms with van der Waals surface area (Å²) in [5.74, 6) is -2.82. The van der Waals surface area contributed by atoms with Crippen LogP contribution in [-0.2, 0) is 23.9 Å². The molecule has 0 aromatic heterocycles. The van der Waals surface area contributed by atoms with Gasteiger partial charge in [0, 0.05) is 52.4 Å². The van der Waals surface area contributed by atoms with E-state index in [1.54, 1.807) is 14.7 Å². The van der Waals surface area contributed by atoms with Gasteiger partial charge in [-0.15, -0.1) is 0 Å². The number of rotatable bonds is 6. The summed E-state index contributed by atoms with van der Waals surface area (Å²) < 4.78 is 11.1. The van der Waals surface area contributed by atoms with E-state index in [0.29, 0.717) is 78.8 Å². The molecule has 12 nitrogen and oxygen atoms in total. The molecule has 0 aromatic carbocycles. The number of ether oxygens (including phenoxy) is 2. The lowest BCUT2D eigenvalue weighted by Crippen LogP contribution is -2.42. The molecular formula is C18H34N4O8. The van der Waals surface area contributed by atoms with Gasteiger partial charge in [-0.3, -0.25) is 29.1 Å². The fourth-order valence-electron chi connectivity index (χ4n) is 2.96. The highest BCUT2D eigenvalue weighted by Gasteiger charge is 2.15. The van der Waals surface area contributed by atoms with Crippen LogP contribution in [-0.4, -0.2) is 146 Å². The summed E-state index contributed by atoms with van der Waals surface area (Å²) in [4.78, 5) is 38.4. The van der Waals surface area contributed by atoms with Crippen molar-refractivity contribution in [2.75, 3.05) is 98.4 Å². The maximum absolute atomic E-state index is 11.1. The van der Waals surface area contributed by atoms with Crippen LogP contribution in [0.3, 0.4) is 0 Å². The number of nitrogens with one attached hydrogen (secondary N) is 1. The topological polar surface area (TPSA) is 152 Å². The molecule has 0 bridgehead atoms. The highest BCUT2D eigenvalue weighted by Crippen LogP contribution is 1.96. The third-order valence-corrected chi connectivity index (χ3v) is 4.49. The molecule has 1 aliphatic rings. The Morgan fingerprint density at radius 2 is 1.00 bits per heavy atom. The molecule has 0 amide bonds. The average Bonchev–Trinajstić information content (AvgIpc) is 2.65. The van der Waals surface area contributed by atoms with Crippen LogP contribution in [0.5, 0.6) is 0 Å². The molecule has 174 valence electrons. The van der Waals surface area contributed by atoms with E-state index in [0.717, 1.165) is 0 Å². The van der Waals surface area contributed by atoms with E-state index < -0.39 is 17.9 Å². The number of hydrogen-bond acceptors (Lipinski definition) is 9. The smallest absolute Gasteiger partial charge is 0.317 e. The summed E-state index contributed by atoms with van der Waals surface area (Å²) in [7, 11) is 0. The predicted molar refractivity (Wildman–Crippen MR) is 107 cm³/mol. The van der Waals surface area contributed by atoms with E-state index in [1.165, 1.54) is 0 Å². The van der Waals surface area contributed by atoms with Gasteiger partial charge in [0.25, 0.3) is 0 Å². The Kier molecular flexibility index (Phi) is 13.9. The van der Waals surface area contributed by atoms with Crippen LogP contribution in [0.4, 0.5) is 0 Å². The van der Waals surface area contributed by atoms with Gasteiger partial charge < -0.3 is 30.1 Å². The number of carboxylic acids is 3. The summed E-state index contributed by atoms with van der Waals surface area (Å²) >= 11 is 0. The summed E-state index contributed by atoms with van der Waals surface area (Å²) in [6, 6.07) is 0. The Bertz CT molecular complexity index is 522. The first-order valence-corrected chi connectivity index (χ1v) is 10.1. The highest BCUT2D eigenvalue weighted by atomic mass is 16.5. The van der Waals surface area contributed by atoms with E-state index in [-0.39, 0.29) is 19.6 Å². The largest absolute Gasteiger partial charge is 0.480 e. The van der Waals surface area contributed by atoms with Crippen LogP contribution in [0.1, 0.15) is 0 Å². The molecule has 1 rings (SSSR count). The Morgan fingerprint density at radius 3 is 1.43 bits per heavy atom. The van der Waals surface area contributed by atoms with Crippen LogP contribution in [0, 0.1) is 0 Å². The minimum Gasteiger partial charge on any atom is -0.480 e. The van der Waals surface area contributed by atoms with Crippen molar-refractivity contribution >= 4 is 17.9 Å². The van der Waals surface area contributed by atoms with Crippen molar-refractivity contribution in [1.29, 1.82) is 0 Å². The lowest BCUT2D eigenvalue weighted by atomic mass is 10.4. The summed E-state index contributed by atoms with van der Waals surface area (Å²) in [5.41, 5.74) is 0. The van der Waals surface area contributed by atoms with Crippen LogP contribution < -0.4 is 5.32 Å². The molecule has 0 aliphatic carbocycles. The lowest BCUT2D eigenvalue weighted by Gasteiger charge is -2.26. The molecule has 0 aromatic rings. The number of hydrogen-bond donors (Lipinski definition) is 4. The number of carbonyl (C=O) groups is 3. The molecule has 1 fully saturated rings. The Labute approximate surface area is 176 Å². The third kappa shape index (κ3) is 14.2. The molecule has 0 unspecified atom stereocenters. The van der Waals surface area contributed by atoms with Crippen molar-refractivity contribution in [3.8, 4) is 0 Å². The zero-order valence-electron chi connectivity index (χ0n) is 17.3. The first-order valence-electron chi connectivity index (χ1n) is 10.1. The van der Waals surface area contributed by atoms with Crippen molar-refractivity contribution in [3.63, 3.8) is 0 Å². The van der Waals surface area contributed by atoms with Crippen LogP contribution in [0.25, 0.3) is 0 Å². The van der Waals surface area contributed by atoms with E-state index in [2.05, 4.69) is 5.32 Å². The van der Waals surface area contributed by atoms with Crippen LogP contribution >= 0.6 is 0 Å². The fourth-order valence-corrected chi connectivity index (χ4v) is 2.96. The molecule has 4 N–H and O–H groups in total. The van der Waals surface area contributed by atoms with Gasteiger partial charge in [-0.05, 0) is 0 Å². The maximum Gasteiger partial charge on any atom is 0.317 e. The maximum atomic E-state index is 11.1. The van der Waals surface area contributed by atoms with Crippen molar-refractivity contribution < 1.29 is 39.2 Å². The summed E-state index contributed by atoms with van der Waals surface area (Å²) in [6.07, 6.45) is 0. The van der Waals surface area contributed by atoms with Crippen molar-refractivity contribution in [3.05, 3.63) is 0 Å². The second-order valence-electron chi connectivity index (χ2n) is 6.98. The van der Waals surface area contributed by atoms with E-state index in [1.807, 2.05) is 0 Å². The van der Waals surface area contributed by atoms with Crippen molar-refractivity contribution in [2.45, 2.75) is 0 Å². The van der Waals surface area contributed by atoms with E-state index in [9.17, 15) is 14.4 Å². The SMILES string of the molecule is O=C(O)CN1CCNCCOCCN(CC(=O)O)CCN(CC(=O)O)CCOCC1. The Morgan fingerprint density at radius 1 is 0.600 bits per heavy atom. The van der Waals surface area contributed by atoms with Gasteiger partial charge in [0.05, 0.1) is 46.1 Å². The third-order valence-electron chi connectivity index (χ3n) is 4.49. The van der Waals surface area contributed by atoms with Gasteiger partial charge in [-0.2, -0.15) is 0 Å². The van der Waals surface area contributed by atoms with Crippen LogP contribution in [0.2, 0.25) is 0 Å². The van der Waals surface area contributed by atoms with Crippen molar-refractivity contribution in [2.24, 2.45) is 0 Å². The molecule has 0 spiro atoms. The molecular weight excluding hydrogens is 400 g/mol. The van der Waals surface area contributed by atoms with Gasteiger partial charge in [-0.1, -0.05) is 0 Å². The fraction of sp³-hybridized carbons (Fsp3) is 0.833. The zero-order chi connectivity index (χ0) is 22.2. The van der Waals surface area contributed by atoms with Gasteiger partial charge in [0.15, 0.2) is 0 Å². The average molecular weight is 434 g/mol. The number of aliphatic carboxylic acids is 3. The molecule has 1 aliphatic heterocycles. The normalized spacial score (nSPS) is 20.8. The first kappa shape index (κ1) is 26.2. The van der Waals surface area contributed by atoms with Crippen molar-refractivity contribution in [1.82, 2.24) is 20.0 Å². The van der Waals surface area contributed by atoms with E-state index in [4.69, 9.17) is 24.8 Å². The number of carboxylic acid groups (broad SMARTS) is 3. The molecule has 1 heterocycles. The zero-order valence-corrected chi connectivity index (χ0v) is 17.3. The van der Waals surface area contributed by atoms with Gasteiger partial charge in [-0.25, -0.2) is 0 Å². The monoisotopic (exact) mass is 434 g/mol. The standard InChI is InChI=1S/C18H34N4O8/c23-16(24)13-20-3-1-19-2-9-29-10-7-21(14-17(25)26)4-5-22(15-18(27)28)8-12-30-11-6-20/h19H,1-15H2,(H,23,24)(H,25,26)(H,27,28). The highest BCUT2D eigenvalue weighted by molar-refractivity contribution is 5.69. The first-order chi connectivity index (χ1) is 14.4. The molecule has 1 saturated heterocycles. The molecule has 30 heavy (non-hydrogen) atoms. The predicted octanol–water partition coefficient (Wildman–Crippen LogP) is -2.22. The Balaban J connectivity index is 2.63. The Hall–Kier alpha value is -1.83. The lowest BCUT2D eigenvalue weighted by molar-refractivity contribution is -0.140. The van der Waals surface area contributed by atoms with Crippen LogP contribution in [0.15, 0.2) is 0 Å².